The first-order valence-corrected chi connectivity index (χ1v) is 10.4. The Bertz CT molecular complexity index is 1250. The van der Waals surface area contributed by atoms with Crippen molar-refractivity contribution in [1.29, 1.82) is 0 Å². The van der Waals surface area contributed by atoms with Gasteiger partial charge in [-0.2, -0.15) is 5.10 Å². The number of fused-ring (bicyclic) bond motifs is 1. The summed E-state index contributed by atoms with van der Waals surface area (Å²) in [6.45, 7) is 1.88. The van der Waals surface area contributed by atoms with E-state index in [2.05, 4.69) is 52.6 Å². The van der Waals surface area contributed by atoms with Crippen LogP contribution in [0.4, 0.5) is 5.95 Å². The van der Waals surface area contributed by atoms with E-state index in [9.17, 15) is 0 Å². The number of aromatic nitrogens is 6. The lowest BCUT2D eigenvalue weighted by Crippen LogP contribution is -2.39. The molecule has 0 radical (unpaired) electrons. The van der Waals surface area contributed by atoms with E-state index in [1.807, 2.05) is 24.3 Å². The second kappa shape index (κ2) is 8.90. The second-order valence-corrected chi connectivity index (χ2v) is 7.48. The third-order valence-corrected chi connectivity index (χ3v) is 5.23. The Labute approximate surface area is 180 Å². The molecule has 0 amide bonds. The minimum atomic E-state index is 0.456. The van der Waals surface area contributed by atoms with Gasteiger partial charge in [0.1, 0.15) is 11.4 Å². The van der Waals surface area contributed by atoms with Crippen LogP contribution >= 0.6 is 0 Å². The highest BCUT2D eigenvalue weighted by Gasteiger charge is 2.13. The van der Waals surface area contributed by atoms with Crippen molar-refractivity contribution in [2.75, 3.05) is 18.4 Å². The van der Waals surface area contributed by atoms with Gasteiger partial charge in [-0.15, -0.1) is 0 Å². The third-order valence-electron chi connectivity index (χ3n) is 5.23. The summed E-state index contributed by atoms with van der Waals surface area (Å²) in [7, 11) is 0. The van der Waals surface area contributed by atoms with Crippen molar-refractivity contribution < 1.29 is 0 Å². The van der Waals surface area contributed by atoms with Crippen LogP contribution in [0.2, 0.25) is 0 Å². The van der Waals surface area contributed by atoms with Crippen LogP contribution in [-0.2, 0) is 0 Å². The van der Waals surface area contributed by atoms with Crippen LogP contribution in [0, 0.1) is 11.8 Å². The summed E-state index contributed by atoms with van der Waals surface area (Å²) in [6, 6.07) is 9.98. The number of hydrogen-bond acceptors (Lipinski definition) is 7. The molecule has 1 unspecified atom stereocenters. The molecule has 3 aromatic heterocycles. The highest BCUT2D eigenvalue weighted by atomic mass is 15.1. The fraction of sp³-hybridized carbons (Fsp3) is 0.261. The quantitative estimate of drug-likeness (QED) is 0.444. The van der Waals surface area contributed by atoms with Crippen LogP contribution in [0.1, 0.15) is 30.5 Å². The smallest absolute Gasteiger partial charge is 0.223 e. The lowest BCUT2D eigenvalue weighted by atomic mass is 10.1. The molecule has 8 nitrogen and oxygen atoms in total. The molecule has 0 saturated carbocycles. The molecule has 1 atom stereocenters. The molecule has 4 heterocycles. The van der Waals surface area contributed by atoms with Gasteiger partial charge in [-0.05, 0) is 55.6 Å². The summed E-state index contributed by atoms with van der Waals surface area (Å²) >= 11 is 0. The Kier molecular flexibility index (Phi) is 5.50. The van der Waals surface area contributed by atoms with Crippen molar-refractivity contribution >= 4 is 16.9 Å². The third kappa shape index (κ3) is 4.68. The zero-order valence-electron chi connectivity index (χ0n) is 17.0. The first kappa shape index (κ1) is 19.2. The maximum atomic E-state index is 4.58. The largest absolute Gasteiger partial charge is 0.353 e. The van der Waals surface area contributed by atoms with E-state index in [0.29, 0.717) is 29.2 Å². The molecule has 0 bridgehead atoms. The van der Waals surface area contributed by atoms with E-state index < -0.39 is 0 Å². The molecule has 154 valence electrons. The van der Waals surface area contributed by atoms with Gasteiger partial charge in [0, 0.05) is 35.9 Å². The molecule has 1 aliphatic heterocycles. The van der Waals surface area contributed by atoms with Crippen LogP contribution in [-0.4, -0.2) is 49.3 Å². The number of aromatic amines is 1. The lowest BCUT2D eigenvalue weighted by molar-refractivity contribution is 0.413. The molecule has 0 spiro atoms. The molecule has 1 aliphatic rings. The summed E-state index contributed by atoms with van der Waals surface area (Å²) in [4.78, 5) is 17.8. The Hall–Kier alpha value is -3.83. The maximum Gasteiger partial charge on any atom is 0.223 e. The van der Waals surface area contributed by atoms with Crippen molar-refractivity contribution in [3.63, 3.8) is 0 Å². The van der Waals surface area contributed by atoms with Gasteiger partial charge in [0.15, 0.2) is 5.82 Å². The maximum absolute atomic E-state index is 4.58. The molecular weight excluding hydrogens is 388 g/mol. The number of nitrogens with one attached hydrogen (secondary N) is 3. The number of anilines is 1. The molecule has 3 N–H and O–H groups in total. The Morgan fingerprint density at radius 3 is 2.94 bits per heavy atom. The van der Waals surface area contributed by atoms with Gasteiger partial charge < -0.3 is 10.6 Å². The SMILES string of the molecule is C(#Cc1ccnc(-c2ccnc(NCC3CCCCN3)n2)n1)c1ccc2[nH]ncc2c1. The highest BCUT2D eigenvalue weighted by Crippen LogP contribution is 2.15. The second-order valence-electron chi connectivity index (χ2n) is 7.48. The summed E-state index contributed by atoms with van der Waals surface area (Å²) < 4.78 is 0. The van der Waals surface area contributed by atoms with Crippen molar-refractivity contribution in [3.8, 4) is 23.4 Å². The topological polar surface area (TPSA) is 104 Å². The summed E-state index contributed by atoms with van der Waals surface area (Å²) in [5.74, 6) is 7.38. The average Bonchev–Trinajstić information content (AvgIpc) is 3.30. The molecule has 1 saturated heterocycles. The normalized spacial score (nSPS) is 15.9. The fourth-order valence-electron chi connectivity index (χ4n) is 3.59. The molecule has 31 heavy (non-hydrogen) atoms. The van der Waals surface area contributed by atoms with E-state index in [4.69, 9.17) is 0 Å². The van der Waals surface area contributed by atoms with Crippen molar-refractivity contribution in [2.24, 2.45) is 0 Å². The van der Waals surface area contributed by atoms with Gasteiger partial charge in [0.25, 0.3) is 0 Å². The van der Waals surface area contributed by atoms with E-state index >= 15 is 0 Å². The van der Waals surface area contributed by atoms with Crippen LogP contribution in [0.25, 0.3) is 22.4 Å². The van der Waals surface area contributed by atoms with Gasteiger partial charge >= 0.3 is 0 Å². The van der Waals surface area contributed by atoms with E-state index in [0.717, 1.165) is 29.6 Å². The predicted molar refractivity (Wildman–Crippen MR) is 119 cm³/mol. The number of rotatable bonds is 4. The van der Waals surface area contributed by atoms with Gasteiger partial charge in [0.05, 0.1) is 11.7 Å². The van der Waals surface area contributed by atoms with Crippen LogP contribution in [0.3, 0.4) is 0 Å². The average molecular weight is 410 g/mol. The minimum Gasteiger partial charge on any atom is -0.353 e. The Balaban J connectivity index is 1.32. The number of benzene rings is 1. The lowest BCUT2D eigenvalue weighted by Gasteiger charge is -2.23. The summed E-state index contributed by atoms with van der Waals surface area (Å²) in [5, 5.41) is 14.8. The molecule has 1 fully saturated rings. The van der Waals surface area contributed by atoms with E-state index in [1.54, 1.807) is 24.7 Å². The number of piperidine rings is 1. The van der Waals surface area contributed by atoms with Crippen molar-refractivity contribution in [1.82, 2.24) is 35.5 Å². The highest BCUT2D eigenvalue weighted by molar-refractivity contribution is 5.79. The molecule has 8 heteroatoms. The van der Waals surface area contributed by atoms with Crippen LogP contribution in [0.15, 0.2) is 48.9 Å². The monoisotopic (exact) mass is 410 g/mol. The zero-order chi connectivity index (χ0) is 20.9. The molecular formula is C23H22N8. The molecule has 0 aliphatic carbocycles. The minimum absolute atomic E-state index is 0.456. The number of hydrogen-bond donors (Lipinski definition) is 3. The zero-order valence-corrected chi connectivity index (χ0v) is 17.0. The van der Waals surface area contributed by atoms with Crippen LogP contribution in [0.5, 0.6) is 0 Å². The van der Waals surface area contributed by atoms with Crippen molar-refractivity contribution in [3.05, 3.63) is 60.2 Å². The van der Waals surface area contributed by atoms with Gasteiger partial charge in [-0.3, -0.25) is 5.10 Å². The fourth-order valence-corrected chi connectivity index (χ4v) is 3.59. The molecule has 5 rings (SSSR count). The molecule has 4 aromatic rings. The van der Waals surface area contributed by atoms with Gasteiger partial charge in [0.2, 0.25) is 5.95 Å². The molecule has 1 aromatic carbocycles. The standard InChI is InChI=1S/C23H22N8/c1-2-10-24-19(3-1)15-27-23-26-12-9-21(30-23)22-25-11-8-18(29-22)6-4-16-5-7-20-17(13-16)14-28-31-20/h5,7-9,11-14,19,24H,1-3,10,15H2,(H,28,31)(H,26,27,30). The Morgan fingerprint density at radius 1 is 1.03 bits per heavy atom. The van der Waals surface area contributed by atoms with Crippen molar-refractivity contribution in [2.45, 2.75) is 25.3 Å². The predicted octanol–water partition coefficient (Wildman–Crippen LogP) is 2.76. The van der Waals surface area contributed by atoms with Gasteiger partial charge in [-0.25, -0.2) is 19.9 Å². The Morgan fingerprint density at radius 2 is 2.00 bits per heavy atom. The summed E-state index contributed by atoms with van der Waals surface area (Å²) in [6.07, 6.45) is 8.89. The van der Waals surface area contributed by atoms with E-state index in [-0.39, 0.29) is 0 Å². The first-order chi connectivity index (χ1) is 15.3. The van der Waals surface area contributed by atoms with E-state index in [1.165, 1.54) is 19.3 Å². The number of nitrogens with zero attached hydrogens (tertiary/aromatic N) is 5. The van der Waals surface area contributed by atoms with Gasteiger partial charge in [-0.1, -0.05) is 12.3 Å². The summed E-state index contributed by atoms with van der Waals surface area (Å²) in [5.41, 5.74) is 3.19. The first-order valence-electron chi connectivity index (χ1n) is 10.4. The number of H-pyrrole nitrogens is 1. The van der Waals surface area contributed by atoms with Crippen LogP contribution < -0.4 is 10.6 Å².